The molecule has 0 radical (unpaired) electrons. The highest BCUT2D eigenvalue weighted by atomic mass is 32.2. The highest BCUT2D eigenvalue weighted by Crippen LogP contribution is 2.44. The molecule has 0 bridgehead atoms. The Morgan fingerprint density at radius 1 is 1.00 bits per heavy atom. The van der Waals surface area contributed by atoms with Gasteiger partial charge < -0.3 is 5.32 Å². The molecule has 2 aromatic rings. The first-order chi connectivity index (χ1) is 8.72. The molecule has 18 heavy (non-hydrogen) atoms. The molecule has 1 aliphatic heterocycles. The number of hydrogen-bond acceptors (Lipinski definition) is 4. The average molecular weight is 274 g/mol. The summed E-state index contributed by atoms with van der Waals surface area (Å²) in [7, 11) is 4.11. The normalized spacial score (nSPS) is 12.8. The summed E-state index contributed by atoms with van der Waals surface area (Å²) in [6.07, 6.45) is 0. The third kappa shape index (κ3) is 2.36. The maximum Gasteiger partial charge on any atom is 0.0538 e. The van der Waals surface area contributed by atoms with Gasteiger partial charge in [-0.05, 0) is 56.4 Å². The largest absolute Gasteiger partial charge is 0.354 e. The van der Waals surface area contributed by atoms with Crippen LogP contribution in [0.5, 0.6) is 0 Å². The van der Waals surface area contributed by atoms with E-state index in [-0.39, 0.29) is 0 Å². The number of benzene rings is 2. The van der Waals surface area contributed by atoms with Crippen molar-refractivity contribution in [3.63, 3.8) is 0 Å². The summed E-state index contributed by atoms with van der Waals surface area (Å²) < 4.78 is 2.10. The van der Waals surface area contributed by atoms with E-state index >= 15 is 0 Å². The van der Waals surface area contributed by atoms with Crippen LogP contribution < -0.4 is 5.32 Å². The van der Waals surface area contributed by atoms with Crippen molar-refractivity contribution in [1.82, 2.24) is 4.31 Å². The van der Waals surface area contributed by atoms with Crippen LogP contribution in [0.25, 0.3) is 0 Å². The topological polar surface area (TPSA) is 15.3 Å². The highest BCUT2D eigenvalue weighted by molar-refractivity contribution is 7.99. The van der Waals surface area contributed by atoms with Crippen LogP contribution in [0.15, 0.2) is 57.2 Å². The lowest BCUT2D eigenvalue weighted by Gasteiger charge is -2.21. The molecule has 3 rings (SSSR count). The summed E-state index contributed by atoms with van der Waals surface area (Å²) in [5, 5.41) is 3.50. The molecule has 1 N–H and O–H groups in total. The van der Waals surface area contributed by atoms with Gasteiger partial charge in [0, 0.05) is 14.7 Å². The summed E-state index contributed by atoms with van der Waals surface area (Å²) in [6, 6.07) is 15.0. The number of anilines is 2. The number of nitrogens with zero attached hydrogens (tertiary/aromatic N) is 1. The number of nitrogens with one attached hydrogen (secondary N) is 1. The van der Waals surface area contributed by atoms with E-state index in [0.717, 1.165) is 0 Å². The van der Waals surface area contributed by atoms with Gasteiger partial charge in [-0.1, -0.05) is 23.9 Å². The van der Waals surface area contributed by atoms with Gasteiger partial charge in [0.25, 0.3) is 0 Å². The first-order valence-electron chi connectivity index (χ1n) is 5.75. The van der Waals surface area contributed by atoms with Gasteiger partial charge in [-0.15, -0.1) is 0 Å². The molecular weight excluding hydrogens is 260 g/mol. The Hall–Kier alpha value is -1.10. The van der Waals surface area contributed by atoms with E-state index in [1.165, 1.54) is 26.1 Å². The van der Waals surface area contributed by atoms with Crippen molar-refractivity contribution in [2.45, 2.75) is 14.7 Å². The molecule has 1 aliphatic rings. The van der Waals surface area contributed by atoms with E-state index in [4.69, 9.17) is 0 Å². The second-order valence-corrected chi connectivity index (χ2v) is 6.75. The molecule has 0 saturated heterocycles. The maximum atomic E-state index is 3.50. The Kier molecular flexibility index (Phi) is 3.24. The SMILES string of the molecule is CN(C)Sc1ccc2c(c1)Nc1ccccc1S2. The Bertz CT molecular complexity index is 582. The molecule has 92 valence electrons. The van der Waals surface area contributed by atoms with Crippen LogP contribution in [0.3, 0.4) is 0 Å². The Morgan fingerprint density at radius 2 is 1.78 bits per heavy atom. The lowest BCUT2D eigenvalue weighted by Crippen LogP contribution is -2.01. The summed E-state index contributed by atoms with van der Waals surface area (Å²) in [4.78, 5) is 3.83. The summed E-state index contributed by atoms with van der Waals surface area (Å²) in [6.45, 7) is 0. The van der Waals surface area contributed by atoms with Crippen molar-refractivity contribution in [2.75, 3.05) is 19.4 Å². The van der Waals surface area contributed by atoms with E-state index < -0.39 is 0 Å². The van der Waals surface area contributed by atoms with Crippen molar-refractivity contribution in [2.24, 2.45) is 0 Å². The summed E-state index contributed by atoms with van der Waals surface area (Å²) >= 11 is 3.56. The molecule has 0 unspecified atom stereocenters. The van der Waals surface area contributed by atoms with E-state index in [1.807, 2.05) is 11.8 Å². The number of hydrogen-bond donors (Lipinski definition) is 1. The minimum Gasteiger partial charge on any atom is -0.354 e. The number of para-hydroxylation sites is 1. The molecule has 0 aromatic heterocycles. The van der Waals surface area contributed by atoms with Gasteiger partial charge >= 0.3 is 0 Å². The van der Waals surface area contributed by atoms with Gasteiger partial charge in [-0.3, -0.25) is 4.31 Å². The molecule has 0 saturated carbocycles. The van der Waals surface area contributed by atoms with Gasteiger partial charge in [0.15, 0.2) is 0 Å². The Labute approximate surface area is 116 Å². The van der Waals surface area contributed by atoms with Gasteiger partial charge in [0.1, 0.15) is 0 Å². The first-order valence-corrected chi connectivity index (χ1v) is 7.34. The zero-order chi connectivity index (χ0) is 12.5. The predicted molar refractivity (Wildman–Crippen MR) is 79.8 cm³/mol. The molecule has 0 spiro atoms. The fourth-order valence-electron chi connectivity index (χ4n) is 1.89. The molecule has 4 heteroatoms. The van der Waals surface area contributed by atoms with Crippen LogP contribution in [0.1, 0.15) is 0 Å². The fraction of sp³-hybridized carbons (Fsp3) is 0.143. The highest BCUT2D eigenvalue weighted by Gasteiger charge is 2.15. The fourth-order valence-corrected chi connectivity index (χ4v) is 3.58. The Morgan fingerprint density at radius 3 is 2.61 bits per heavy atom. The van der Waals surface area contributed by atoms with Crippen molar-refractivity contribution in [3.05, 3.63) is 42.5 Å². The smallest absolute Gasteiger partial charge is 0.0538 e. The lowest BCUT2D eigenvalue weighted by atomic mass is 10.2. The molecule has 0 amide bonds. The van der Waals surface area contributed by atoms with Gasteiger partial charge in [0.05, 0.1) is 11.4 Å². The Balaban J connectivity index is 1.93. The molecule has 2 aromatic carbocycles. The maximum absolute atomic E-state index is 3.50. The van der Waals surface area contributed by atoms with Gasteiger partial charge in [-0.2, -0.15) is 0 Å². The molecule has 0 fully saturated rings. The van der Waals surface area contributed by atoms with E-state index in [0.29, 0.717) is 0 Å². The van der Waals surface area contributed by atoms with E-state index in [1.54, 1.807) is 11.9 Å². The zero-order valence-electron chi connectivity index (χ0n) is 10.3. The lowest BCUT2D eigenvalue weighted by molar-refractivity contribution is 0.702. The molecule has 2 nitrogen and oxygen atoms in total. The monoisotopic (exact) mass is 274 g/mol. The van der Waals surface area contributed by atoms with Crippen LogP contribution in [-0.4, -0.2) is 18.4 Å². The second kappa shape index (κ2) is 4.88. The minimum atomic E-state index is 1.20. The van der Waals surface area contributed by atoms with Gasteiger partial charge in [0.2, 0.25) is 0 Å². The minimum absolute atomic E-state index is 1.20. The van der Waals surface area contributed by atoms with Crippen molar-refractivity contribution < 1.29 is 0 Å². The standard InChI is InChI=1S/C14H14N2S2/c1-16(2)18-10-7-8-14-12(9-10)15-11-5-3-4-6-13(11)17-14/h3-9,15H,1-2H3. The van der Waals surface area contributed by atoms with E-state index in [9.17, 15) is 0 Å². The predicted octanol–water partition coefficient (Wildman–Crippen LogP) is 4.46. The second-order valence-electron chi connectivity index (χ2n) is 4.28. The first kappa shape index (κ1) is 12.0. The quantitative estimate of drug-likeness (QED) is 0.693. The van der Waals surface area contributed by atoms with Crippen LogP contribution in [-0.2, 0) is 0 Å². The van der Waals surface area contributed by atoms with Crippen molar-refractivity contribution >= 4 is 35.1 Å². The summed E-state index contributed by atoms with van der Waals surface area (Å²) in [5.74, 6) is 0. The van der Waals surface area contributed by atoms with Crippen molar-refractivity contribution in [3.8, 4) is 0 Å². The molecular formula is C14H14N2S2. The third-order valence-corrected chi connectivity index (χ3v) is 4.60. The third-order valence-electron chi connectivity index (χ3n) is 2.62. The van der Waals surface area contributed by atoms with Crippen LogP contribution in [0.4, 0.5) is 11.4 Å². The van der Waals surface area contributed by atoms with Crippen molar-refractivity contribution in [1.29, 1.82) is 0 Å². The zero-order valence-corrected chi connectivity index (χ0v) is 11.9. The van der Waals surface area contributed by atoms with Crippen LogP contribution in [0.2, 0.25) is 0 Å². The van der Waals surface area contributed by atoms with Crippen LogP contribution in [0, 0.1) is 0 Å². The molecule has 0 aliphatic carbocycles. The number of rotatable bonds is 2. The van der Waals surface area contributed by atoms with E-state index in [2.05, 4.69) is 66.2 Å². The number of fused-ring (bicyclic) bond motifs is 2. The van der Waals surface area contributed by atoms with Gasteiger partial charge in [-0.25, -0.2) is 0 Å². The molecule has 1 heterocycles. The molecule has 0 atom stereocenters. The summed E-state index contributed by atoms with van der Waals surface area (Å²) in [5.41, 5.74) is 2.40. The average Bonchev–Trinajstić information content (AvgIpc) is 2.35. The van der Waals surface area contributed by atoms with Crippen LogP contribution >= 0.6 is 23.7 Å².